The summed E-state index contributed by atoms with van der Waals surface area (Å²) in [7, 11) is 0. The van der Waals surface area contributed by atoms with Crippen LogP contribution in [0.25, 0.3) is 0 Å². The normalized spacial score (nSPS) is 12.9. The first-order valence-electron chi connectivity index (χ1n) is 9.06. The molecule has 0 aliphatic carbocycles. The summed E-state index contributed by atoms with van der Waals surface area (Å²) < 4.78 is 0. The van der Waals surface area contributed by atoms with Gasteiger partial charge in [-0.3, -0.25) is 0 Å². The van der Waals surface area contributed by atoms with Gasteiger partial charge in [0.05, 0.1) is 0 Å². The van der Waals surface area contributed by atoms with E-state index in [1.807, 2.05) is 0 Å². The Morgan fingerprint density at radius 3 is 2.00 bits per heavy atom. The van der Waals surface area contributed by atoms with Crippen molar-refractivity contribution in [2.75, 3.05) is 0 Å². The molecule has 0 spiro atoms. The van der Waals surface area contributed by atoms with E-state index in [1.165, 1.54) is 76.7 Å². The molecule has 1 unspecified atom stereocenters. The molecule has 0 fully saturated rings. The van der Waals surface area contributed by atoms with E-state index < -0.39 is 5.97 Å². The van der Waals surface area contributed by atoms with Gasteiger partial charge < -0.3 is 5.11 Å². The summed E-state index contributed by atoms with van der Waals surface area (Å²) >= 11 is 0. The van der Waals surface area contributed by atoms with E-state index in [1.54, 1.807) is 6.08 Å². The summed E-state index contributed by atoms with van der Waals surface area (Å²) in [6.45, 7) is 4.67. The molecule has 0 bridgehead atoms. The van der Waals surface area contributed by atoms with Gasteiger partial charge in [0.2, 0.25) is 0 Å². The first kappa shape index (κ1) is 20.2. The zero-order chi connectivity index (χ0) is 15.8. The van der Waals surface area contributed by atoms with Gasteiger partial charge >= 0.3 is 5.97 Å². The Bertz CT molecular complexity index is 258. The highest BCUT2D eigenvalue weighted by molar-refractivity contribution is 5.79. The molecular formula is C19H36O2. The minimum Gasteiger partial charge on any atom is -0.478 e. The van der Waals surface area contributed by atoms with E-state index >= 15 is 0 Å². The van der Waals surface area contributed by atoms with Crippen LogP contribution in [0.5, 0.6) is 0 Å². The van der Waals surface area contributed by atoms with Crippen molar-refractivity contribution in [2.24, 2.45) is 5.92 Å². The van der Waals surface area contributed by atoms with Crippen LogP contribution in [0.3, 0.4) is 0 Å². The lowest BCUT2D eigenvalue weighted by atomic mass is 9.96. The van der Waals surface area contributed by atoms with Gasteiger partial charge in [0, 0.05) is 6.08 Å². The Balaban J connectivity index is 3.21. The summed E-state index contributed by atoms with van der Waals surface area (Å²) in [5.74, 6) is 0.0591. The molecule has 2 nitrogen and oxygen atoms in total. The van der Waals surface area contributed by atoms with Crippen LogP contribution in [0.4, 0.5) is 0 Å². The van der Waals surface area contributed by atoms with E-state index in [9.17, 15) is 4.79 Å². The third-order valence-electron chi connectivity index (χ3n) is 4.13. The largest absolute Gasteiger partial charge is 0.478 e. The number of carboxylic acid groups (broad SMARTS) is 1. The maximum atomic E-state index is 10.3. The SMILES string of the molecule is CCCCCCCC(C)CCCCCCCC=CC(=O)O. The Morgan fingerprint density at radius 2 is 1.43 bits per heavy atom. The van der Waals surface area contributed by atoms with Crippen molar-refractivity contribution < 1.29 is 9.90 Å². The Hall–Kier alpha value is -0.790. The zero-order valence-electron chi connectivity index (χ0n) is 14.3. The quantitative estimate of drug-likeness (QED) is 0.282. The summed E-state index contributed by atoms with van der Waals surface area (Å²) in [5, 5.41) is 8.46. The minimum atomic E-state index is -0.835. The van der Waals surface area contributed by atoms with Crippen LogP contribution in [0.2, 0.25) is 0 Å². The maximum absolute atomic E-state index is 10.3. The first-order valence-corrected chi connectivity index (χ1v) is 9.06. The van der Waals surface area contributed by atoms with E-state index in [0.29, 0.717) is 0 Å². The van der Waals surface area contributed by atoms with Crippen molar-refractivity contribution in [3.63, 3.8) is 0 Å². The average molecular weight is 296 g/mol. The van der Waals surface area contributed by atoms with Crippen molar-refractivity contribution in [1.82, 2.24) is 0 Å². The van der Waals surface area contributed by atoms with Gasteiger partial charge in [-0.05, 0) is 18.8 Å². The standard InChI is InChI=1S/C19H36O2/c1-3-4-5-9-12-15-18(2)16-13-10-7-6-8-11-14-17-19(20)21/h14,17-18H,3-13,15-16H2,1-2H3,(H,20,21). The highest BCUT2D eigenvalue weighted by atomic mass is 16.4. The number of hydrogen-bond donors (Lipinski definition) is 1. The third-order valence-corrected chi connectivity index (χ3v) is 4.13. The predicted molar refractivity (Wildman–Crippen MR) is 91.6 cm³/mol. The first-order chi connectivity index (χ1) is 10.2. The Morgan fingerprint density at radius 1 is 0.905 bits per heavy atom. The second kappa shape index (κ2) is 15.6. The number of hydrogen-bond acceptors (Lipinski definition) is 1. The molecular weight excluding hydrogens is 260 g/mol. The second-order valence-corrected chi connectivity index (χ2v) is 6.39. The minimum absolute atomic E-state index is 0.835. The number of rotatable bonds is 15. The average Bonchev–Trinajstić information content (AvgIpc) is 2.45. The van der Waals surface area contributed by atoms with Gasteiger partial charge in [-0.2, -0.15) is 0 Å². The molecule has 0 aromatic carbocycles. The summed E-state index contributed by atoms with van der Waals surface area (Å²) in [5.41, 5.74) is 0. The van der Waals surface area contributed by atoms with Crippen LogP contribution in [-0.4, -0.2) is 11.1 Å². The van der Waals surface area contributed by atoms with Crippen LogP contribution in [0.15, 0.2) is 12.2 Å². The van der Waals surface area contributed by atoms with Crippen LogP contribution < -0.4 is 0 Å². The lowest BCUT2D eigenvalue weighted by Gasteiger charge is -2.10. The zero-order valence-corrected chi connectivity index (χ0v) is 14.3. The van der Waals surface area contributed by atoms with E-state index in [-0.39, 0.29) is 0 Å². The molecule has 21 heavy (non-hydrogen) atoms. The molecule has 0 aromatic rings. The van der Waals surface area contributed by atoms with Crippen molar-refractivity contribution in [3.05, 3.63) is 12.2 Å². The number of allylic oxidation sites excluding steroid dienone is 1. The summed E-state index contributed by atoms with van der Waals surface area (Å²) in [6.07, 6.45) is 20.0. The molecule has 0 radical (unpaired) electrons. The van der Waals surface area contributed by atoms with Crippen LogP contribution >= 0.6 is 0 Å². The molecule has 0 rings (SSSR count). The maximum Gasteiger partial charge on any atom is 0.327 e. The van der Waals surface area contributed by atoms with Crippen LogP contribution in [0, 0.1) is 5.92 Å². The summed E-state index contributed by atoms with van der Waals surface area (Å²) in [4.78, 5) is 10.3. The van der Waals surface area contributed by atoms with Crippen molar-refractivity contribution in [1.29, 1.82) is 0 Å². The van der Waals surface area contributed by atoms with Gasteiger partial charge in [-0.25, -0.2) is 4.79 Å². The molecule has 0 heterocycles. The summed E-state index contributed by atoms with van der Waals surface area (Å²) in [6, 6.07) is 0. The molecule has 0 aromatic heterocycles. The van der Waals surface area contributed by atoms with Crippen molar-refractivity contribution >= 4 is 5.97 Å². The van der Waals surface area contributed by atoms with Gasteiger partial charge in [0.25, 0.3) is 0 Å². The molecule has 124 valence electrons. The highest BCUT2D eigenvalue weighted by Crippen LogP contribution is 2.18. The van der Waals surface area contributed by atoms with E-state index in [0.717, 1.165) is 18.8 Å². The number of unbranched alkanes of at least 4 members (excludes halogenated alkanes) is 9. The van der Waals surface area contributed by atoms with Gasteiger partial charge in [0.15, 0.2) is 0 Å². The van der Waals surface area contributed by atoms with Gasteiger partial charge in [0.1, 0.15) is 0 Å². The smallest absolute Gasteiger partial charge is 0.327 e. The fourth-order valence-corrected chi connectivity index (χ4v) is 2.71. The predicted octanol–water partition coefficient (Wildman–Crippen LogP) is 6.35. The highest BCUT2D eigenvalue weighted by Gasteiger charge is 2.01. The van der Waals surface area contributed by atoms with Crippen LogP contribution in [0.1, 0.15) is 97.3 Å². The molecule has 0 saturated heterocycles. The lowest BCUT2D eigenvalue weighted by Crippen LogP contribution is -1.95. The fourth-order valence-electron chi connectivity index (χ4n) is 2.71. The number of carbonyl (C=O) groups is 1. The van der Waals surface area contributed by atoms with Crippen molar-refractivity contribution in [2.45, 2.75) is 97.3 Å². The lowest BCUT2D eigenvalue weighted by molar-refractivity contribution is -0.131. The van der Waals surface area contributed by atoms with E-state index in [4.69, 9.17) is 5.11 Å². The molecule has 1 atom stereocenters. The molecule has 0 saturated carbocycles. The molecule has 0 aliphatic heterocycles. The van der Waals surface area contributed by atoms with Gasteiger partial charge in [-0.1, -0.05) is 90.6 Å². The molecule has 1 N–H and O–H groups in total. The number of carboxylic acids is 1. The van der Waals surface area contributed by atoms with E-state index in [2.05, 4.69) is 13.8 Å². The monoisotopic (exact) mass is 296 g/mol. The fraction of sp³-hybridized carbons (Fsp3) is 0.842. The molecule has 0 amide bonds. The van der Waals surface area contributed by atoms with Gasteiger partial charge in [-0.15, -0.1) is 0 Å². The third kappa shape index (κ3) is 17.2. The Labute approximate surface area is 132 Å². The number of aliphatic carboxylic acids is 1. The Kier molecular flexibility index (Phi) is 15.0. The topological polar surface area (TPSA) is 37.3 Å². The molecule has 0 aliphatic rings. The second-order valence-electron chi connectivity index (χ2n) is 6.39. The van der Waals surface area contributed by atoms with Crippen LogP contribution in [-0.2, 0) is 4.79 Å². The van der Waals surface area contributed by atoms with Crippen molar-refractivity contribution in [3.8, 4) is 0 Å². The molecule has 2 heteroatoms.